The molecule has 0 radical (unpaired) electrons. The standard InChI is InChI=1S/C7H4F3N3/c8-6(9)3-1-4(12)5(2-11)13-7(3)10/h1,6H,12H2. The molecular weight excluding hydrogens is 183 g/mol. The number of hydrogen-bond acceptors (Lipinski definition) is 3. The van der Waals surface area contributed by atoms with Crippen LogP contribution in [0.5, 0.6) is 0 Å². The van der Waals surface area contributed by atoms with E-state index in [0.29, 0.717) is 6.07 Å². The third kappa shape index (κ3) is 1.69. The van der Waals surface area contributed by atoms with E-state index in [2.05, 4.69) is 4.98 Å². The number of nitrogen functional groups attached to an aromatic ring is 1. The normalized spacial score (nSPS) is 10.1. The van der Waals surface area contributed by atoms with Crippen molar-refractivity contribution in [2.24, 2.45) is 0 Å². The predicted octanol–water partition coefficient (Wildman–Crippen LogP) is 1.61. The molecule has 0 aromatic carbocycles. The molecule has 68 valence electrons. The fourth-order valence-corrected chi connectivity index (χ4v) is 0.765. The maximum atomic E-state index is 12.7. The molecule has 0 atom stereocenters. The van der Waals surface area contributed by atoms with Crippen molar-refractivity contribution >= 4 is 5.69 Å². The van der Waals surface area contributed by atoms with Crippen molar-refractivity contribution in [3.05, 3.63) is 23.3 Å². The number of pyridine rings is 1. The minimum absolute atomic E-state index is 0.251. The number of nitrogens with zero attached hydrogens (tertiary/aromatic N) is 2. The van der Waals surface area contributed by atoms with Crippen molar-refractivity contribution in [3.63, 3.8) is 0 Å². The summed E-state index contributed by atoms with van der Waals surface area (Å²) >= 11 is 0. The summed E-state index contributed by atoms with van der Waals surface area (Å²) in [6.07, 6.45) is -2.98. The van der Waals surface area contributed by atoms with E-state index in [1.165, 1.54) is 6.07 Å². The number of anilines is 1. The molecule has 0 unspecified atom stereocenters. The molecule has 2 N–H and O–H groups in total. The van der Waals surface area contributed by atoms with Crippen molar-refractivity contribution in [1.29, 1.82) is 5.26 Å². The topological polar surface area (TPSA) is 62.7 Å². The number of nitriles is 1. The van der Waals surface area contributed by atoms with E-state index in [9.17, 15) is 13.2 Å². The van der Waals surface area contributed by atoms with Gasteiger partial charge in [-0.3, -0.25) is 0 Å². The van der Waals surface area contributed by atoms with Gasteiger partial charge in [0.15, 0.2) is 5.69 Å². The van der Waals surface area contributed by atoms with Gasteiger partial charge in [0.2, 0.25) is 5.95 Å². The van der Waals surface area contributed by atoms with Crippen LogP contribution in [-0.4, -0.2) is 4.98 Å². The van der Waals surface area contributed by atoms with Crippen LogP contribution in [0.25, 0.3) is 0 Å². The third-order valence-electron chi connectivity index (χ3n) is 1.37. The van der Waals surface area contributed by atoms with Crippen LogP contribution in [0.3, 0.4) is 0 Å². The fraction of sp³-hybridized carbons (Fsp3) is 0.143. The summed E-state index contributed by atoms with van der Waals surface area (Å²) in [5, 5.41) is 8.33. The van der Waals surface area contributed by atoms with Gasteiger partial charge in [-0.2, -0.15) is 9.65 Å². The highest BCUT2D eigenvalue weighted by Gasteiger charge is 2.17. The average Bonchev–Trinajstić information content (AvgIpc) is 2.07. The molecule has 1 aromatic rings. The predicted molar refractivity (Wildman–Crippen MR) is 38.3 cm³/mol. The summed E-state index contributed by atoms with van der Waals surface area (Å²) in [4.78, 5) is 2.98. The van der Waals surface area contributed by atoms with E-state index in [0.717, 1.165) is 0 Å². The summed E-state index contributed by atoms with van der Waals surface area (Å²) in [5.41, 5.74) is 3.62. The monoisotopic (exact) mass is 187 g/mol. The van der Waals surface area contributed by atoms with Crippen LogP contribution in [0, 0.1) is 17.3 Å². The molecule has 0 aliphatic rings. The number of halogens is 3. The van der Waals surface area contributed by atoms with Crippen LogP contribution in [0.1, 0.15) is 17.7 Å². The van der Waals surface area contributed by atoms with Gasteiger partial charge in [-0.25, -0.2) is 13.8 Å². The number of rotatable bonds is 1. The van der Waals surface area contributed by atoms with E-state index in [1.54, 1.807) is 0 Å². The van der Waals surface area contributed by atoms with Crippen LogP contribution in [0.15, 0.2) is 6.07 Å². The van der Waals surface area contributed by atoms with Gasteiger partial charge in [-0.1, -0.05) is 0 Å². The molecule has 0 aliphatic heterocycles. The van der Waals surface area contributed by atoms with Crippen molar-refractivity contribution in [3.8, 4) is 6.07 Å². The third-order valence-corrected chi connectivity index (χ3v) is 1.37. The zero-order valence-corrected chi connectivity index (χ0v) is 6.26. The smallest absolute Gasteiger partial charge is 0.268 e. The number of alkyl halides is 2. The molecule has 3 nitrogen and oxygen atoms in total. The first kappa shape index (κ1) is 9.32. The quantitative estimate of drug-likeness (QED) is 0.679. The second-order valence-corrected chi connectivity index (χ2v) is 2.22. The lowest BCUT2D eigenvalue weighted by Gasteiger charge is -2.02. The van der Waals surface area contributed by atoms with Crippen LogP contribution in [0.2, 0.25) is 0 Å². The van der Waals surface area contributed by atoms with Crippen LogP contribution < -0.4 is 5.73 Å². The van der Waals surface area contributed by atoms with Crippen molar-refractivity contribution in [2.75, 3.05) is 5.73 Å². The Morgan fingerprint density at radius 3 is 2.62 bits per heavy atom. The van der Waals surface area contributed by atoms with Gasteiger partial charge in [0.25, 0.3) is 6.43 Å². The summed E-state index contributed by atoms with van der Waals surface area (Å²) in [6.45, 7) is 0. The number of aromatic nitrogens is 1. The Bertz CT molecular complexity index is 370. The Hall–Kier alpha value is -1.77. The number of nitrogens with two attached hydrogens (primary N) is 1. The van der Waals surface area contributed by atoms with Crippen LogP contribution in [-0.2, 0) is 0 Å². The van der Waals surface area contributed by atoms with Crippen molar-refractivity contribution < 1.29 is 13.2 Å². The van der Waals surface area contributed by atoms with Crippen molar-refractivity contribution in [1.82, 2.24) is 4.98 Å². The zero-order chi connectivity index (χ0) is 10.0. The summed E-state index contributed by atoms with van der Waals surface area (Å²) in [7, 11) is 0. The van der Waals surface area contributed by atoms with E-state index < -0.39 is 17.9 Å². The van der Waals surface area contributed by atoms with Gasteiger partial charge in [0.1, 0.15) is 6.07 Å². The fourth-order valence-electron chi connectivity index (χ4n) is 0.765. The summed E-state index contributed by atoms with van der Waals surface area (Å²) < 4.78 is 36.7. The molecule has 0 fully saturated rings. The van der Waals surface area contributed by atoms with E-state index in [-0.39, 0.29) is 11.4 Å². The van der Waals surface area contributed by atoms with Gasteiger partial charge < -0.3 is 5.73 Å². The molecule has 1 heterocycles. The molecule has 0 saturated carbocycles. The first-order chi connectivity index (χ1) is 6.06. The largest absolute Gasteiger partial charge is 0.396 e. The summed E-state index contributed by atoms with van der Waals surface area (Å²) in [6, 6.07) is 2.20. The maximum Gasteiger partial charge on any atom is 0.268 e. The highest BCUT2D eigenvalue weighted by atomic mass is 19.3. The molecule has 0 bridgehead atoms. The molecule has 1 aromatic heterocycles. The molecule has 0 amide bonds. The Morgan fingerprint density at radius 1 is 1.54 bits per heavy atom. The molecule has 13 heavy (non-hydrogen) atoms. The van der Waals surface area contributed by atoms with Crippen molar-refractivity contribution in [2.45, 2.75) is 6.43 Å². The Labute approximate surface area is 71.6 Å². The number of hydrogen-bond donors (Lipinski definition) is 1. The maximum absolute atomic E-state index is 12.7. The molecular formula is C7H4F3N3. The van der Waals surface area contributed by atoms with Crippen LogP contribution in [0.4, 0.5) is 18.9 Å². The second-order valence-electron chi connectivity index (χ2n) is 2.22. The van der Waals surface area contributed by atoms with Gasteiger partial charge in [0, 0.05) is 0 Å². The van der Waals surface area contributed by atoms with Gasteiger partial charge >= 0.3 is 0 Å². The molecule has 0 saturated heterocycles. The lowest BCUT2D eigenvalue weighted by Crippen LogP contribution is -2.01. The summed E-state index contributed by atoms with van der Waals surface area (Å²) in [5.74, 6) is -1.36. The molecule has 0 spiro atoms. The van der Waals surface area contributed by atoms with E-state index >= 15 is 0 Å². The average molecular weight is 187 g/mol. The highest BCUT2D eigenvalue weighted by Crippen LogP contribution is 2.23. The first-order valence-corrected chi connectivity index (χ1v) is 3.20. The Morgan fingerprint density at radius 2 is 2.15 bits per heavy atom. The molecule has 0 aliphatic carbocycles. The van der Waals surface area contributed by atoms with Gasteiger partial charge in [-0.15, -0.1) is 0 Å². The minimum atomic E-state index is -2.98. The van der Waals surface area contributed by atoms with E-state index in [1.807, 2.05) is 0 Å². The van der Waals surface area contributed by atoms with Gasteiger partial charge in [0.05, 0.1) is 11.3 Å². The molecule has 6 heteroatoms. The lowest BCUT2D eigenvalue weighted by atomic mass is 10.2. The minimum Gasteiger partial charge on any atom is -0.396 e. The SMILES string of the molecule is N#Cc1nc(F)c(C(F)F)cc1N. The van der Waals surface area contributed by atoms with Crippen LogP contribution >= 0.6 is 0 Å². The highest BCUT2D eigenvalue weighted by molar-refractivity contribution is 5.51. The first-order valence-electron chi connectivity index (χ1n) is 3.20. The zero-order valence-electron chi connectivity index (χ0n) is 6.26. The van der Waals surface area contributed by atoms with Gasteiger partial charge in [-0.05, 0) is 6.07 Å². The van der Waals surface area contributed by atoms with E-state index in [4.69, 9.17) is 11.0 Å². The molecule has 1 rings (SSSR count). The Balaban J connectivity index is 3.31. The lowest BCUT2D eigenvalue weighted by molar-refractivity contribution is 0.145. The Kier molecular flexibility index (Phi) is 2.37. The second kappa shape index (κ2) is 3.31.